The number of nitrogens with one attached hydrogen (secondary N) is 1. The molecule has 1 amide bonds. The second-order valence-electron chi connectivity index (χ2n) is 4.41. The van der Waals surface area contributed by atoms with Crippen LogP contribution in [0.4, 0.5) is 11.4 Å². The van der Waals surface area contributed by atoms with Gasteiger partial charge in [0.2, 0.25) is 5.91 Å². The number of likely N-dealkylation sites (N-methyl/N-ethyl adjacent to an activating group) is 1. The lowest BCUT2D eigenvalue weighted by Crippen LogP contribution is -2.53. The maximum atomic E-state index is 11.9. The first-order chi connectivity index (χ1) is 8.65. The van der Waals surface area contributed by atoms with Gasteiger partial charge in [0, 0.05) is 13.6 Å². The molecule has 18 heavy (non-hydrogen) atoms. The largest absolute Gasteiger partial charge is 0.397 e. The van der Waals surface area contributed by atoms with E-state index in [0.29, 0.717) is 19.8 Å². The number of carbonyl (C=O) groups excluding carboxylic acids is 1. The predicted octanol–water partition coefficient (Wildman–Crippen LogP) is 0.528. The molecule has 5 nitrogen and oxygen atoms in total. The second-order valence-corrected chi connectivity index (χ2v) is 4.41. The van der Waals surface area contributed by atoms with Gasteiger partial charge in [-0.15, -0.1) is 0 Å². The molecule has 3 N–H and O–H groups in total. The Labute approximate surface area is 107 Å². The average molecular weight is 249 g/mol. The minimum atomic E-state index is -0.312. The zero-order valence-corrected chi connectivity index (χ0v) is 10.8. The third kappa shape index (κ3) is 2.26. The zero-order chi connectivity index (χ0) is 13.1. The molecular formula is C13H19N3O2. The maximum Gasteiger partial charge on any atom is 0.244 e. The molecule has 1 heterocycles. The van der Waals surface area contributed by atoms with Crippen LogP contribution in [0.2, 0.25) is 0 Å². The summed E-state index contributed by atoms with van der Waals surface area (Å²) >= 11 is 0. The molecule has 0 bridgehead atoms. The van der Waals surface area contributed by atoms with Crippen LogP contribution in [0.1, 0.15) is 5.56 Å². The number of carbonyl (C=O) groups is 1. The summed E-state index contributed by atoms with van der Waals surface area (Å²) in [5.41, 5.74) is 8.76. The molecule has 5 heteroatoms. The number of nitrogens with zero attached hydrogens (tertiary/aromatic N) is 1. The summed E-state index contributed by atoms with van der Waals surface area (Å²) in [7, 11) is 1.63. The number of nitrogen functional groups attached to an aromatic ring is 1. The van der Waals surface area contributed by atoms with Crippen molar-refractivity contribution in [2.45, 2.75) is 13.0 Å². The van der Waals surface area contributed by atoms with Crippen LogP contribution in [0.3, 0.4) is 0 Å². The van der Waals surface area contributed by atoms with E-state index in [-0.39, 0.29) is 11.9 Å². The highest BCUT2D eigenvalue weighted by atomic mass is 16.5. The highest BCUT2D eigenvalue weighted by Gasteiger charge is 2.30. The van der Waals surface area contributed by atoms with E-state index in [2.05, 4.69) is 5.32 Å². The summed E-state index contributed by atoms with van der Waals surface area (Å²) in [5, 5.41) is 2.67. The standard InChI is InChI=1S/C13H19N3O2/c1-9-4-3-5-10(12(9)14)16-6-7-18-8-11(16)13(17)15-2/h3-5,11H,6-8,14H2,1-2H3,(H,15,17). The quantitative estimate of drug-likeness (QED) is 0.750. The molecule has 1 aromatic carbocycles. The predicted molar refractivity (Wildman–Crippen MR) is 71.6 cm³/mol. The third-order valence-electron chi connectivity index (χ3n) is 3.29. The van der Waals surface area contributed by atoms with E-state index >= 15 is 0 Å². The molecule has 1 unspecified atom stereocenters. The van der Waals surface area contributed by atoms with Gasteiger partial charge in [-0.05, 0) is 18.6 Å². The highest BCUT2D eigenvalue weighted by Crippen LogP contribution is 2.28. The normalized spacial score (nSPS) is 19.7. The summed E-state index contributed by atoms with van der Waals surface area (Å²) in [6.07, 6.45) is 0. The van der Waals surface area contributed by atoms with E-state index in [1.54, 1.807) is 7.05 Å². The summed E-state index contributed by atoms with van der Waals surface area (Å²) in [4.78, 5) is 13.9. The van der Waals surface area contributed by atoms with E-state index in [1.165, 1.54) is 0 Å². The molecule has 1 aliphatic heterocycles. The topological polar surface area (TPSA) is 67.6 Å². The minimum Gasteiger partial charge on any atom is -0.397 e. The van der Waals surface area contributed by atoms with E-state index in [1.807, 2.05) is 30.0 Å². The van der Waals surface area contributed by atoms with Gasteiger partial charge in [0.25, 0.3) is 0 Å². The lowest BCUT2D eigenvalue weighted by Gasteiger charge is -2.36. The Balaban J connectivity index is 2.34. The second kappa shape index (κ2) is 5.27. The van der Waals surface area contributed by atoms with E-state index in [0.717, 1.165) is 16.9 Å². The number of hydrogen-bond acceptors (Lipinski definition) is 4. The number of nitrogens with two attached hydrogens (primary N) is 1. The summed E-state index contributed by atoms with van der Waals surface area (Å²) in [6.45, 7) is 3.65. The molecule has 1 fully saturated rings. The first-order valence-corrected chi connectivity index (χ1v) is 6.06. The number of ether oxygens (including phenoxy) is 1. The van der Waals surface area contributed by atoms with Crippen LogP contribution in [0, 0.1) is 6.92 Å². The molecule has 0 spiro atoms. The van der Waals surface area contributed by atoms with Gasteiger partial charge in [-0.25, -0.2) is 0 Å². The molecule has 98 valence electrons. The van der Waals surface area contributed by atoms with Crippen molar-refractivity contribution < 1.29 is 9.53 Å². The van der Waals surface area contributed by atoms with Gasteiger partial charge in [-0.2, -0.15) is 0 Å². The number of rotatable bonds is 2. The number of aryl methyl sites for hydroxylation is 1. The van der Waals surface area contributed by atoms with Crippen molar-refractivity contribution in [2.24, 2.45) is 0 Å². The lowest BCUT2D eigenvalue weighted by molar-refractivity contribution is -0.124. The first-order valence-electron chi connectivity index (χ1n) is 6.06. The summed E-state index contributed by atoms with van der Waals surface area (Å²) in [6, 6.07) is 5.56. The molecule has 0 radical (unpaired) electrons. The van der Waals surface area contributed by atoms with Crippen molar-refractivity contribution in [1.29, 1.82) is 0 Å². The van der Waals surface area contributed by atoms with Gasteiger partial charge in [0.15, 0.2) is 0 Å². The van der Waals surface area contributed by atoms with Crippen molar-refractivity contribution in [3.8, 4) is 0 Å². The van der Waals surface area contributed by atoms with Crippen LogP contribution in [0.15, 0.2) is 18.2 Å². The molecule has 0 aromatic heterocycles. The van der Waals surface area contributed by atoms with Gasteiger partial charge in [0.05, 0.1) is 24.6 Å². The Hall–Kier alpha value is -1.75. The van der Waals surface area contributed by atoms with Crippen LogP contribution in [-0.2, 0) is 9.53 Å². The number of benzene rings is 1. The third-order valence-corrected chi connectivity index (χ3v) is 3.29. The molecule has 0 aliphatic carbocycles. The Bertz CT molecular complexity index is 448. The molecular weight excluding hydrogens is 230 g/mol. The van der Waals surface area contributed by atoms with E-state index in [4.69, 9.17) is 10.5 Å². The summed E-state index contributed by atoms with van der Waals surface area (Å²) in [5.74, 6) is -0.0457. The van der Waals surface area contributed by atoms with Gasteiger partial charge in [-0.1, -0.05) is 12.1 Å². The lowest BCUT2D eigenvalue weighted by atomic mass is 10.1. The Morgan fingerprint density at radius 3 is 3.06 bits per heavy atom. The zero-order valence-electron chi connectivity index (χ0n) is 10.8. The van der Waals surface area contributed by atoms with Crippen LogP contribution in [0.25, 0.3) is 0 Å². The fraction of sp³-hybridized carbons (Fsp3) is 0.462. The number of morpholine rings is 1. The van der Waals surface area contributed by atoms with E-state index < -0.39 is 0 Å². The first kappa shape index (κ1) is 12.7. The van der Waals surface area contributed by atoms with Crippen LogP contribution >= 0.6 is 0 Å². The molecule has 1 atom stereocenters. The number of amides is 1. The van der Waals surface area contributed by atoms with Crippen molar-refractivity contribution in [1.82, 2.24) is 5.32 Å². The van der Waals surface area contributed by atoms with Gasteiger partial charge < -0.3 is 20.7 Å². The molecule has 1 aliphatic rings. The molecule has 0 saturated carbocycles. The van der Waals surface area contributed by atoms with Crippen LogP contribution in [-0.4, -0.2) is 38.8 Å². The Kier molecular flexibility index (Phi) is 3.72. The smallest absolute Gasteiger partial charge is 0.244 e. The van der Waals surface area contributed by atoms with Gasteiger partial charge in [-0.3, -0.25) is 4.79 Å². The van der Waals surface area contributed by atoms with Crippen molar-refractivity contribution >= 4 is 17.3 Å². The van der Waals surface area contributed by atoms with Crippen LogP contribution in [0.5, 0.6) is 0 Å². The molecule has 1 saturated heterocycles. The number of para-hydroxylation sites is 1. The van der Waals surface area contributed by atoms with E-state index in [9.17, 15) is 4.79 Å². The Morgan fingerprint density at radius 2 is 2.33 bits per heavy atom. The van der Waals surface area contributed by atoms with Crippen molar-refractivity contribution in [2.75, 3.05) is 37.4 Å². The number of hydrogen-bond donors (Lipinski definition) is 2. The molecule has 2 rings (SSSR count). The molecule has 1 aromatic rings. The minimum absolute atomic E-state index is 0.0457. The van der Waals surface area contributed by atoms with Gasteiger partial charge >= 0.3 is 0 Å². The maximum absolute atomic E-state index is 11.9. The monoisotopic (exact) mass is 249 g/mol. The Morgan fingerprint density at radius 1 is 1.56 bits per heavy atom. The SMILES string of the molecule is CNC(=O)C1COCCN1c1cccc(C)c1N. The average Bonchev–Trinajstić information content (AvgIpc) is 2.41. The number of anilines is 2. The summed E-state index contributed by atoms with van der Waals surface area (Å²) < 4.78 is 5.38. The van der Waals surface area contributed by atoms with Crippen molar-refractivity contribution in [3.63, 3.8) is 0 Å². The fourth-order valence-corrected chi connectivity index (χ4v) is 2.19. The van der Waals surface area contributed by atoms with Gasteiger partial charge in [0.1, 0.15) is 6.04 Å². The highest BCUT2D eigenvalue weighted by molar-refractivity contribution is 5.87. The fourth-order valence-electron chi connectivity index (χ4n) is 2.19. The van der Waals surface area contributed by atoms with Crippen molar-refractivity contribution in [3.05, 3.63) is 23.8 Å². The van der Waals surface area contributed by atoms with Crippen LogP contribution < -0.4 is 16.0 Å².